The minimum atomic E-state index is -3.70. The summed E-state index contributed by atoms with van der Waals surface area (Å²) >= 11 is 0.536. The van der Waals surface area contributed by atoms with Gasteiger partial charge in [0.1, 0.15) is 16.5 Å². The Balaban J connectivity index is 1.47. The topological polar surface area (TPSA) is 157 Å². The molecule has 4 aromatic heterocycles. The van der Waals surface area contributed by atoms with Gasteiger partial charge < -0.3 is 25.3 Å². The van der Waals surface area contributed by atoms with Crippen molar-refractivity contribution in [3.63, 3.8) is 0 Å². The van der Waals surface area contributed by atoms with Gasteiger partial charge in [0.2, 0.25) is 17.7 Å². The molecule has 0 amide bonds. The first-order valence-electron chi connectivity index (χ1n) is 11.2. The van der Waals surface area contributed by atoms with Gasteiger partial charge in [-0.25, -0.2) is 38.7 Å². The number of ether oxygens (including phenoxy) is 1. The van der Waals surface area contributed by atoms with E-state index in [1.807, 2.05) is 0 Å². The number of halogens is 3. The van der Waals surface area contributed by atoms with Crippen molar-refractivity contribution >= 4 is 39.5 Å². The molecular weight excluding hydrogens is 525 g/mol. The Morgan fingerprint density at radius 2 is 1.97 bits per heavy atom. The molecule has 0 saturated heterocycles. The summed E-state index contributed by atoms with van der Waals surface area (Å²) in [5, 5.41) is 12.5. The summed E-state index contributed by atoms with van der Waals surface area (Å²) in [6.45, 7) is 1.34. The standard InChI is InChI=1S/C23H21F3N8O3S/c1-21(11-35)23(25,26)22(2,34-20(27)38-21)13-7-12(8-31-18(13)24)32-19-17-14(3-4-29-19)33-15(9-30-17)37-10-16-28-5-6-36-16/h3-9,35H,10-11H2,1-2H3,(H2,27,34)(H,29,32)/t21-,22+/m0/s1. The van der Waals surface area contributed by atoms with Gasteiger partial charge in [-0.05, 0) is 26.0 Å². The molecule has 1 aliphatic heterocycles. The molecule has 5 rings (SSSR count). The number of thioether (sulfide) groups is 1. The van der Waals surface area contributed by atoms with Gasteiger partial charge in [-0.3, -0.25) is 0 Å². The highest BCUT2D eigenvalue weighted by atomic mass is 32.2. The number of nitrogens with two attached hydrogens (primary N) is 1. The van der Waals surface area contributed by atoms with Gasteiger partial charge >= 0.3 is 0 Å². The fourth-order valence-corrected chi connectivity index (χ4v) is 5.11. The van der Waals surface area contributed by atoms with Crippen molar-refractivity contribution in [2.24, 2.45) is 10.7 Å². The zero-order valence-electron chi connectivity index (χ0n) is 20.0. The fourth-order valence-electron chi connectivity index (χ4n) is 4.03. The molecule has 4 aromatic rings. The third-order valence-electron chi connectivity index (χ3n) is 6.13. The maximum Gasteiger partial charge on any atom is 0.293 e. The van der Waals surface area contributed by atoms with E-state index in [-0.39, 0.29) is 29.2 Å². The number of hydrogen-bond acceptors (Lipinski definition) is 12. The van der Waals surface area contributed by atoms with Crippen LogP contribution < -0.4 is 15.8 Å². The molecule has 198 valence electrons. The number of anilines is 2. The maximum absolute atomic E-state index is 15.7. The number of hydrogen-bond donors (Lipinski definition) is 3. The molecule has 0 radical (unpaired) electrons. The summed E-state index contributed by atoms with van der Waals surface area (Å²) in [4.78, 5) is 24.5. The molecule has 5 heterocycles. The van der Waals surface area contributed by atoms with E-state index < -0.39 is 34.3 Å². The normalized spacial score (nSPS) is 22.7. The average molecular weight is 547 g/mol. The van der Waals surface area contributed by atoms with E-state index in [1.165, 1.54) is 24.9 Å². The van der Waals surface area contributed by atoms with E-state index >= 15 is 8.78 Å². The molecule has 15 heteroatoms. The summed E-state index contributed by atoms with van der Waals surface area (Å²) in [5.74, 6) is -4.06. The van der Waals surface area contributed by atoms with Crippen molar-refractivity contribution in [3.05, 3.63) is 60.6 Å². The third-order valence-corrected chi connectivity index (χ3v) is 7.27. The number of aliphatic hydroxyl groups excluding tert-OH is 1. The Morgan fingerprint density at radius 3 is 2.71 bits per heavy atom. The summed E-state index contributed by atoms with van der Waals surface area (Å²) < 4.78 is 54.9. The Kier molecular flexibility index (Phi) is 6.35. The van der Waals surface area contributed by atoms with Crippen molar-refractivity contribution in [1.82, 2.24) is 24.9 Å². The second kappa shape index (κ2) is 9.40. The largest absolute Gasteiger partial charge is 0.467 e. The minimum Gasteiger partial charge on any atom is -0.467 e. The van der Waals surface area contributed by atoms with E-state index in [4.69, 9.17) is 14.9 Å². The molecule has 2 atom stereocenters. The maximum atomic E-state index is 15.7. The molecule has 0 spiro atoms. The van der Waals surface area contributed by atoms with Gasteiger partial charge in [0.25, 0.3) is 5.92 Å². The van der Waals surface area contributed by atoms with Gasteiger partial charge in [-0.2, -0.15) is 4.39 Å². The van der Waals surface area contributed by atoms with E-state index in [9.17, 15) is 9.50 Å². The number of nitrogens with one attached hydrogen (secondary N) is 1. The Labute approximate surface area is 217 Å². The van der Waals surface area contributed by atoms with Crippen LogP contribution in [0.4, 0.5) is 24.7 Å². The Hall–Kier alpha value is -3.98. The molecule has 0 aromatic carbocycles. The lowest BCUT2D eigenvalue weighted by Gasteiger charge is -2.47. The molecule has 0 saturated carbocycles. The number of rotatable bonds is 7. The molecule has 0 bridgehead atoms. The lowest BCUT2D eigenvalue weighted by atomic mass is 9.79. The van der Waals surface area contributed by atoms with Crippen molar-refractivity contribution in [1.29, 1.82) is 0 Å². The number of alkyl halides is 2. The molecule has 0 unspecified atom stereocenters. The Morgan fingerprint density at radius 1 is 1.16 bits per heavy atom. The number of aromatic nitrogens is 5. The molecule has 1 aliphatic rings. The van der Waals surface area contributed by atoms with Crippen LogP contribution in [0.25, 0.3) is 11.0 Å². The smallest absolute Gasteiger partial charge is 0.293 e. The first-order chi connectivity index (χ1) is 18.1. The lowest BCUT2D eigenvalue weighted by molar-refractivity contribution is -0.111. The molecule has 0 aliphatic carbocycles. The van der Waals surface area contributed by atoms with Crippen LogP contribution in [0.1, 0.15) is 25.3 Å². The van der Waals surface area contributed by atoms with Crippen LogP contribution in [0.3, 0.4) is 0 Å². The number of aliphatic hydroxyl groups is 1. The van der Waals surface area contributed by atoms with E-state index in [1.54, 1.807) is 6.07 Å². The third kappa shape index (κ3) is 4.26. The zero-order valence-corrected chi connectivity index (χ0v) is 20.8. The predicted molar refractivity (Wildman–Crippen MR) is 133 cm³/mol. The quantitative estimate of drug-likeness (QED) is 0.291. The first-order valence-corrected chi connectivity index (χ1v) is 12.0. The van der Waals surface area contributed by atoms with Gasteiger partial charge in [0.05, 0.1) is 36.4 Å². The summed E-state index contributed by atoms with van der Waals surface area (Å²) in [7, 11) is 0. The fraction of sp³-hybridized carbons (Fsp3) is 0.304. The van der Waals surface area contributed by atoms with Gasteiger partial charge in [-0.15, -0.1) is 0 Å². The molecule has 11 nitrogen and oxygen atoms in total. The molecular formula is C23H21F3N8O3S. The van der Waals surface area contributed by atoms with Crippen LogP contribution in [0.5, 0.6) is 5.88 Å². The second-order valence-electron chi connectivity index (χ2n) is 8.73. The van der Waals surface area contributed by atoms with Crippen molar-refractivity contribution in [2.45, 2.75) is 36.7 Å². The number of fused-ring (bicyclic) bond motifs is 1. The number of nitrogens with zero attached hydrogens (tertiary/aromatic N) is 6. The number of amidine groups is 1. The first kappa shape index (κ1) is 25.7. The Bertz CT molecular complexity index is 1520. The molecule has 38 heavy (non-hydrogen) atoms. The van der Waals surface area contributed by atoms with Crippen LogP contribution in [0.2, 0.25) is 0 Å². The van der Waals surface area contributed by atoms with Crippen molar-refractivity contribution < 1.29 is 27.4 Å². The van der Waals surface area contributed by atoms with Crippen LogP contribution in [0, 0.1) is 5.95 Å². The molecule has 4 N–H and O–H groups in total. The van der Waals surface area contributed by atoms with Crippen LogP contribution >= 0.6 is 11.8 Å². The van der Waals surface area contributed by atoms with Crippen LogP contribution in [-0.4, -0.2) is 52.5 Å². The lowest BCUT2D eigenvalue weighted by Crippen LogP contribution is -2.61. The monoisotopic (exact) mass is 546 g/mol. The van der Waals surface area contributed by atoms with Crippen LogP contribution in [-0.2, 0) is 12.1 Å². The number of pyridine rings is 2. The zero-order chi connectivity index (χ0) is 27.1. The van der Waals surface area contributed by atoms with Crippen molar-refractivity contribution in [2.75, 3.05) is 11.9 Å². The predicted octanol–water partition coefficient (Wildman–Crippen LogP) is 3.53. The summed E-state index contributed by atoms with van der Waals surface area (Å²) in [6, 6.07) is 2.76. The van der Waals surface area contributed by atoms with E-state index in [0.29, 0.717) is 28.7 Å². The molecule has 0 fully saturated rings. The number of aliphatic imine (C=N–C) groups is 1. The van der Waals surface area contributed by atoms with Gasteiger partial charge in [-0.1, -0.05) is 11.8 Å². The summed E-state index contributed by atoms with van der Waals surface area (Å²) in [6.07, 6.45) is 6.87. The minimum absolute atomic E-state index is 0.0532. The second-order valence-corrected chi connectivity index (χ2v) is 10.2. The highest BCUT2D eigenvalue weighted by Crippen LogP contribution is 2.56. The number of oxazole rings is 1. The van der Waals surface area contributed by atoms with Gasteiger partial charge in [0.15, 0.2) is 23.1 Å². The van der Waals surface area contributed by atoms with E-state index in [2.05, 4.69) is 35.2 Å². The van der Waals surface area contributed by atoms with E-state index in [0.717, 1.165) is 26.1 Å². The average Bonchev–Trinajstić information content (AvgIpc) is 3.41. The van der Waals surface area contributed by atoms with Crippen molar-refractivity contribution in [3.8, 4) is 5.88 Å². The van der Waals surface area contributed by atoms with Crippen LogP contribution in [0.15, 0.2) is 52.6 Å². The highest BCUT2D eigenvalue weighted by Gasteiger charge is 2.66. The highest BCUT2D eigenvalue weighted by molar-refractivity contribution is 8.15. The SMILES string of the molecule is C[C@@]1(CO)SC(N)=N[C@](C)(c2cc(Nc3nccc4nc(OCc5ncco5)cnc34)cnc2F)C1(F)F. The summed E-state index contributed by atoms with van der Waals surface area (Å²) in [5.41, 5.74) is 3.76. The van der Waals surface area contributed by atoms with Gasteiger partial charge in [0, 0.05) is 11.8 Å².